The molecule has 0 bridgehead atoms. The molecular weight excluding hydrogens is 522 g/mol. The average molecular weight is 558 g/mol. The summed E-state index contributed by atoms with van der Waals surface area (Å²) in [5.41, 5.74) is 6.42. The number of benzene rings is 4. The minimum Gasteiger partial charge on any atom is -0.497 e. The number of anilines is 1. The summed E-state index contributed by atoms with van der Waals surface area (Å²) in [6, 6.07) is 32.5. The van der Waals surface area contributed by atoms with Gasteiger partial charge in [0.15, 0.2) is 0 Å². The number of hydrogen-bond acceptors (Lipinski definition) is 3. The first-order valence-corrected chi connectivity index (χ1v) is 14.4. The largest absolute Gasteiger partial charge is 0.497 e. The summed E-state index contributed by atoms with van der Waals surface area (Å²) in [5.74, 6) is 0.278. The number of ether oxygens (including phenoxy) is 1. The van der Waals surface area contributed by atoms with E-state index in [2.05, 4.69) is 48.1 Å². The van der Waals surface area contributed by atoms with E-state index in [1.165, 1.54) is 0 Å². The molecule has 0 fully saturated rings. The van der Waals surface area contributed by atoms with Gasteiger partial charge < -0.3 is 19.5 Å². The smallest absolute Gasteiger partial charge is 0.255 e. The molecule has 2 heterocycles. The number of nitrogens with one attached hydrogen (secondary N) is 1. The van der Waals surface area contributed by atoms with Crippen LogP contribution in [0, 0.1) is 5.92 Å². The predicted octanol–water partition coefficient (Wildman–Crippen LogP) is 7.45. The van der Waals surface area contributed by atoms with Gasteiger partial charge in [-0.2, -0.15) is 0 Å². The number of fused-ring (bicyclic) bond motifs is 2. The zero-order chi connectivity index (χ0) is 29.4. The number of hydrogen-bond donors (Lipinski definition) is 1. The van der Waals surface area contributed by atoms with E-state index in [0.717, 1.165) is 39.7 Å². The second kappa shape index (κ2) is 11.2. The lowest BCUT2D eigenvalue weighted by atomic mass is 9.90. The summed E-state index contributed by atoms with van der Waals surface area (Å²) in [6.07, 6.45) is 0.731. The van der Waals surface area contributed by atoms with Gasteiger partial charge >= 0.3 is 0 Å². The van der Waals surface area contributed by atoms with Crippen LogP contribution >= 0.6 is 0 Å². The lowest BCUT2D eigenvalue weighted by Gasteiger charge is -2.36. The van der Waals surface area contributed by atoms with Crippen molar-refractivity contribution in [1.82, 2.24) is 9.47 Å². The maximum absolute atomic E-state index is 14.4. The zero-order valence-electron chi connectivity index (χ0n) is 24.4. The fraction of sp³-hybridized carbons (Fsp3) is 0.222. The summed E-state index contributed by atoms with van der Waals surface area (Å²) in [6.45, 7) is 4.11. The Labute approximate surface area is 246 Å². The molecule has 6 rings (SSSR count). The normalized spacial score (nSPS) is 15.9. The standard InChI is InChI=1S/C36H35N3O3/c1-5-23(2)32(35(40)37-25-19-21-26(42-4)22-20-25)39-34(27-15-9-10-16-28(27)36(39)41)31-29-17-11-12-18-30(29)38(3)33(31)24-13-7-6-8-14-24/h6-23,32,34H,5H2,1-4H3,(H,37,40). The number of rotatable bonds is 8. The van der Waals surface area contributed by atoms with Crippen molar-refractivity contribution in [2.45, 2.75) is 32.4 Å². The first kappa shape index (κ1) is 27.3. The van der Waals surface area contributed by atoms with Crippen molar-refractivity contribution in [3.8, 4) is 17.0 Å². The van der Waals surface area contributed by atoms with Gasteiger partial charge in [0.05, 0.1) is 18.8 Å². The summed E-state index contributed by atoms with van der Waals surface area (Å²) < 4.78 is 7.50. The van der Waals surface area contributed by atoms with Crippen LogP contribution in [0.4, 0.5) is 5.69 Å². The molecule has 1 N–H and O–H groups in total. The highest BCUT2D eigenvalue weighted by Gasteiger charge is 2.47. The monoisotopic (exact) mass is 557 g/mol. The second-order valence-electron chi connectivity index (χ2n) is 11.0. The Morgan fingerprint density at radius 3 is 2.29 bits per heavy atom. The number of aryl methyl sites for hydroxylation is 1. The number of carbonyl (C=O) groups excluding carboxylic acids is 2. The van der Waals surface area contributed by atoms with Crippen LogP contribution in [-0.4, -0.2) is 34.4 Å². The van der Waals surface area contributed by atoms with Gasteiger partial charge in [-0.05, 0) is 53.4 Å². The van der Waals surface area contributed by atoms with Crippen LogP contribution < -0.4 is 10.1 Å². The first-order chi connectivity index (χ1) is 20.4. The minimum atomic E-state index is -0.704. The third kappa shape index (κ3) is 4.53. The van der Waals surface area contributed by atoms with Crippen molar-refractivity contribution in [2.24, 2.45) is 13.0 Å². The molecule has 212 valence electrons. The molecule has 6 heteroatoms. The number of methoxy groups -OCH3 is 1. The van der Waals surface area contributed by atoms with Crippen LogP contribution in [0.15, 0.2) is 103 Å². The van der Waals surface area contributed by atoms with Gasteiger partial charge in [0.2, 0.25) is 5.91 Å². The summed E-state index contributed by atoms with van der Waals surface area (Å²) in [4.78, 5) is 30.4. The molecular formula is C36H35N3O3. The Morgan fingerprint density at radius 1 is 0.905 bits per heavy atom. The number of carbonyl (C=O) groups is 2. The third-order valence-corrected chi connectivity index (χ3v) is 8.57. The van der Waals surface area contributed by atoms with Crippen LogP contribution in [0.25, 0.3) is 22.2 Å². The number of amides is 2. The Hall–Kier alpha value is -4.84. The number of para-hydroxylation sites is 1. The van der Waals surface area contributed by atoms with E-state index < -0.39 is 12.1 Å². The summed E-state index contributed by atoms with van der Waals surface area (Å²) >= 11 is 0. The molecule has 0 aliphatic carbocycles. The molecule has 1 aromatic heterocycles. The molecule has 6 nitrogen and oxygen atoms in total. The Kier molecular flexibility index (Phi) is 7.29. The molecule has 4 aromatic carbocycles. The van der Waals surface area contributed by atoms with Crippen LogP contribution in [0.3, 0.4) is 0 Å². The van der Waals surface area contributed by atoms with Gasteiger partial charge in [-0.1, -0.05) is 87.0 Å². The highest BCUT2D eigenvalue weighted by atomic mass is 16.5. The van der Waals surface area contributed by atoms with Crippen molar-refractivity contribution in [3.05, 3.63) is 120 Å². The highest BCUT2D eigenvalue weighted by Crippen LogP contribution is 2.48. The molecule has 3 atom stereocenters. The fourth-order valence-corrected chi connectivity index (χ4v) is 6.34. The molecule has 3 unspecified atom stereocenters. The number of nitrogens with zero attached hydrogens (tertiary/aromatic N) is 2. The number of aromatic nitrogens is 1. The third-order valence-electron chi connectivity index (χ3n) is 8.57. The molecule has 42 heavy (non-hydrogen) atoms. The van der Waals surface area contributed by atoms with Gasteiger partial charge in [0.25, 0.3) is 5.91 Å². The van der Waals surface area contributed by atoms with Gasteiger partial charge in [0.1, 0.15) is 11.8 Å². The van der Waals surface area contributed by atoms with E-state index in [1.807, 2.05) is 90.7 Å². The Balaban J connectivity index is 1.56. The van der Waals surface area contributed by atoms with Crippen molar-refractivity contribution in [3.63, 3.8) is 0 Å². The van der Waals surface area contributed by atoms with E-state index in [9.17, 15) is 9.59 Å². The van der Waals surface area contributed by atoms with Crippen LogP contribution in [-0.2, 0) is 11.8 Å². The maximum atomic E-state index is 14.4. The topological polar surface area (TPSA) is 63.6 Å². The molecule has 1 aliphatic rings. The van der Waals surface area contributed by atoms with E-state index in [-0.39, 0.29) is 17.7 Å². The van der Waals surface area contributed by atoms with E-state index in [0.29, 0.717) is 17.0 Å². The van der Waals surface area contributed by atoms with E-state index in [1.54, 1.807) is 7.11 Å². The van der Waals surface area contributed by atoms with E-state index >= 15 is 0 Å². The SMILES string of the molecule is CCC(C)C(C(=O)Nc1ccc(OC)cc1)N1C(=O)c2ccccc2C1c1c(-c2ccccc2)n(C)c2ccccc12. The summed E-state index contributed by atoms with van der Waals surface area (Å²) in [7, 11) is 3.68. The lowest BCUT2D eigenvalue weighted by Crippen LogP contribution is -2.50. The van der Waals surface area contributed by atoms with Crippen molar-refractivity contribution >= 4 is 28.4 Å². The quantitative estimate of drug-likeness (QED) is 0.216. The summed E-state index contributed by atoms with van der Waals surface area (Å²) in [5, 5.41) is 4.17. The molecule has 0 radical (unpaired) electrons. The van der Waals surface area contributed by atoms with Crippen LogP contribution in [0.2, 0.25) is 0 Å². The second-order valence-corrected chi connectivity index (χ2v) is 11.0. The Morgan fingerprint density at radius 2 is 1.57 bits per heavy atom. The van der Waals surface area contributed by atoms with Crippen molar-refractivity contribution < 1.29 is 14.3 Å². The van der Waals surface area contributed by atoms with E-state index in [4.69, 9.17) is 4.74 Å². The van der Waals surface area contributed by atoms with Crippen LogP contribution in [0.5, 0.6) is 5.75 Å². The fourth-order valence-electron chi connectivity index (χ4n) is 6.34. The van der Waals surface area contributed by atoms with Gasteiger partial charge in [-0.25, -0.2) is 0 Å². The first-order valence-electron chi connectivity index (χ1n) is 14.4. The van der Waals surface area contributed by atoms with Crippen LogP contribution in [0.1, 0.15) is 47.8 Å². The zero-order valence-corrected chi connectivity index (χ0v) is 24.4. The Bertz CT molecular complexity index is 1760. The van der Waals surface area contributed by atoms with Gasteiger partial charge in [-0.15, -0.1) is 0 Å². The molecule has 0 saturated carbocycles. The average Bonchev–Trinajstić information content (AvgIpc) is 3.48. The molecule has 1 aliphatic heterocycles. The van der Waals surface area contributed by atoms with Gasteiger partial charge in [0, 0.05) is 34.8 Å². The van der Waals surface area contributed by atoms with Crippen molar-refractivity contribution in [1.29, 1.82) is 0 Å². The predicted molar refractivity (Wildman–Crippen MR) is 168 cm³/mol. The minimum absolute atomic E-state index is 0.0980. The molecule has 0 saturated heterocycles. The highest BCUT2D eigenvalue weighted by molar-refractivity contribution is 6.06. The molecule has 2 amide bonds. The molecule has 5 aromatic rings. The molecule has 0 spiro atoms. The maximum Gasteiger partial charge on any atom is 0.255 e. The van der Waals surface area contributed by atoms with Crippen molar-refractivity contribution in [2.75, 3.05) is 12.4 Å². The van der Waals surface area contributed by atoms with Gasteiger partial charge in [-0.3, -0.25) is 9.59 Å². The lowest BCUT2D eigenvalue weighted by molar-refractivity contribution is -0.122.